The number of anilines is 1. The van der Waals surface area contributed by atoms with Crippen LogP contribution in [0.25, 0.3) is 0 Å². The predicted octanol–water partition coefficient (Wildman–Crippen LogP) is 4.20. The van der Waals surface area contributed by atoms with E-state index in [1.807, 2.05) is 46.8 Å². The molecule has 0 radical (unpaired) electrons. The van der Waals surface area contributed by atoms with Gasteiger partial charge in [-0.1, -0.05) is 0 Å². The third-order valence-electron chi connectivity index (χ3n) is 3.56. The number of nitrogens with zero attached hydrogens (tertiary/aromatic N) is 3. The van der Waals surface area contributed by atoms with Crippen LogP contribution < -0.4 is 4.90 Å². The Labute approximate surface area is 138 Å². The number of hydrogen-bond acceptors (Lipinski definition) is 4. The zero-order chi connectivity index (χ0) is 17.0. The summed E-state index contributed by atoms with van der Waals surface area (Å²) in [5.41, 5.74) is 1.63. The SMILES string of the molecule is CC(C)N(C(=O)OC(C)(C)C)c1ccc(C2=NCCCC2)cn1. The van der Waals surface area contributed by atoms with Gasteiger partial charge >= 0.3 is 6.09 Å². The van der Waals surface area contributed by atoms with Gasteiger partial charge in [0.1, 0.15) is 11.4 Å². The highest BCUT2D eigenvalue weighted by molar-refractivity contribution is 6.01. The number of amides is 1. The molecule has 2 rings (SSSR count). The summed E-state index contributed by atoms with van der Waals surface area (Å²) in [5, 5.41) is 0. The third kappa shape index (κ3) is 4.78. The highest BCUT2D eigenvalue weighted by atomic mass is 16.6. The average Bonchev–Trinajstić information content (AvgIpc) is 2.47. The second-order valence-electron chi connectivity index (χ2n) is 7.13. The molecule has 0 atom stereocenters. The van der Waals surface area contributed by atoms with E-state index in [1.54, 1.807) is 11.1 Å². The lowest BCUT2D eigenvalue weighted by Crippen LogP contribution is -2.41. The topological polar surface area (TPSA) is 54.8 Å². The second-order valence-corrected chi connectivity index (χ2v) is 7.13. The van der Waals surface area contributed by atoms with E-state index in [-0.39, 0.29) is 12.1 Å². The Balaban J connectivity index is 2.20. The molecule has 5 heteroatoms. The summed E-state index contributed by atoms with van der Waals surface area (Å²) in [6, 6.07) is 3.83. The van der Waals surface area contributed by atoms with Crippen molar-refractivity contribution in [2.24, 2.45) is 4.99 Å². The molecule has 0 aromatic carbocycles. The van der Waals surface area contributed by atoms with E-state index in [1.165, 1.54) is 6.42 Å². The van der Waals surface area contributed by atoms with Gasteiger partial charge in [-0.2, -0.15) is 0 Å². The summed E-state index contributed by atoms with van der Waals surface area (Å²) >= 11 is 0. The molecule has 1 aromatic heterocycles. The number of carbonyl (C=O) groups is 1. The highest BCUT2D eigenvalue weighted by Gasteiger charge is 2.26. The maximum Gasteiger partial charge on any atom is 0.416 e. The van der Waals surface area contributed by atoms with Gasteiger partial charge in [-0.3, -0.25) is 9.89 Å². The molecule has 0 bridgehead atoms. The van der Waals surface area contributed by atoms with Crippen molar-refractivity contribution in [3.63, 3.8) is 0 Å². The molecule has 0 spiro atoms. The number of ether oxygens (including phenoxy) is 1. The number of aromatic nitrogens is 1. The molecule has 1 aliphatic rings. The molecule has 0 N–H and O–H groups in total. The molecule has 1 aromatic rings. The maximum absolute atomic E-state index is 12.4. The molecule has 126 valence electrons. The summed E-state index contributed by atoms with van der Waals surface area (Å²) < 4.78 is 5.49. The summed E-state index contributed by atoms with van der Waals surface area (Å²) in [7, 11) is 0. The minimum absolute atomic E-state index is 0.0322. The highest BCUT2D eigenvalue weighted by Crippen LogP contribution is 2.20. The van der Waals surface area contributed by atoms with Crippen LogP contribution in [0.3, 0.4) is 0 Å². The number of hydrogen-bond donors (Lipinski definition) is 0. The van der Waals surface area contributed by atoms with E-state index >= 15 is 0 Å². The summed E-state index contributed by atoms with van der Waals surface area (Å²) in [6.07, 6.45) is 4.77. The lowest BCUT2D eigenvalue weighted by atomic mass is 10.0. The van der Waals surface area contributed by atoms with E-state index in [4.69, 9.17) is 4.74 Å². The van der Waals surface area contributed by atoms with Gasteiger partial charge in [-0.05, 0) is 66.0 Å². The van der Waals surface area contributed by atoms with E-state index in [0.29, 0.717) is 5.82 Å². The van der Waals surface area contributed by atoms with Crippen LogP contribution in [0, 0.1) is 0 Å². The third-order valence-corrected chi connectivity index (χ3v) is 3.56. The lowest BCUT2D eigenvalue weighted by molar-refractivity contribution is 0.0569. The van der Waals surface area contributed by atoms with E-state index in [2.05, 4.69) is 9.98 Å². The Morgan fingerprint density at radius 3 is 2.48 bits per heavy atom. The first kappa shape index (κ1) is 17.4. The minimum Gasteiger partial charge on any atom is -0.443 e. The van der Waals surface area contributed by atoms with Crippen LogP contribution in [-0.2, 0) is 4.74 Å². The Bertz CT molecular complexity index is 571. The van der Waals surface area contributed by atoms with Crippen molar-refractivity contribution in [2.45, 2.75) is 65.5 Å². The van der Waals surface area contributed by atoms with Crippen molar-refractivity contribution in [2.75, 3.05) is 11.4 Å². The van der Waals surface area contributed by atoms with E-state index in [9.17, 15) is 4.79 Å². The van der Waals surface area contributed by atoms with Crippen LogP contribution >= 0.6 is 0 Å². The number of rotatable bonds is 3. The molecule has 0 saturated heterocycles. The van der Waals surface area contributed by atoms with Gasteiger partial charge in [0, 0.05) is 30.1 Å². The number of pyridine rings is 1. The van der Waals surface area contributed by atoms with E-state index < -0.39 is 5.60 Å². The number of aliphatic imine (C=N–C) groups is 1. The standard InChI is InChI=1S/C18H27N3O2/c1-13(2)21(17(22)23-18(3,4)5)16-10-9-14(12-20-16)15-8-6-7-11-19-15/h9-10,12-13H,6-8,11H2,1-5H3. The van der Waals surface area contributed by atoms with Crippen molar-refractivity contribution < 1.29 is 9.53 Å². The molecule has 5 nitrogen and oxygen atoms in total. The predicted molar refractivity (Wildman–Crippen MR) is 93.3 cm³/mol. The van der Waals surface area contributed by atoms with Gasteiger partial charge in [-0.25, -0.2) is 9.78 Å². The zero-order valence-electron chi connectivity index (χ0n) is 14.8. The van der Waals surface area contributed by atoms with E-state index in [0.717, 1.165) is 30.7 Å². The minimum atomic E-state index is -0.527. The fraction of sp³-hybridized carbons (Fsp3) is 0.611. The smallest absolute Gasteiger partial charge is 0.416 e. The molecule has 0 aliphatic carbocycles. The fourth-order valence-electron chi connectivity index (χ4n) is 2.51. The van der Waals surface area contributed by atoms with Gasteiger partial charge in [-0.15, -0.1) is 0 Å². The van der Waals surface area contributed by atoms with Crippen molar-refractivity contribution in [1.29, 1.82) is 0 Å². The van der Waals surface area contributed by atoms with Gasteiger partial charge < -0.3 is 4.74 Å². The van der Waals surface area contributed by atoms with Gasteiger partial charge in [0.05, 0.1) is 0 Å². The Morgan fingerprint density at radius 2 is 2.00 bits per heavy atom. The summed E-state index contributed by atoms with van der Waals surface area (Å²) in [6.45, 7) is 10.4. The van der Waals surface area contributed by atoms with Crippen molar-refractivity contribution in [1.82, 2.24) is 4.98 Å². The molecule has 1 amide bonds. The molecule has 0 unspecified atom stereocenters. The first-order chi connectivity index (χ1) is 10.8. The Hall–Kier alpha value is -1.91. The largest absolute Gasteiger partial charge is 0.443 e. The van der Waals surface area contributed by atoms with Crippen LogP contribution in [0.1, 0.15) is 59.4 Å². The van der Waals surface area contributed by atoms with Crippen LogP contribution in [0.2, 0.25) is 0 Å². The molecule has 0 fully saturated rings. The Kier molecular flexibility index (Phi) is 5.39. The fourth-order valence-corrected chi connectivity index (χ4v) is 2.51. The normalized spacial score (nSPS) is 15.3. The zero-order valence-corrected chi connectivity index (χ0v) is 14.8. The molecular formula is C18H27N3O2. The average molecular weight is 317 g/mol. The van der Waals surface area contributed by atoms with Gasteiger partial charge in [0.15, 0.2) is 0 Å². The van der Waals surface area contributed by atoms with Crippen molar-refractivity contribution in [3.05, 3.63) is 23.9 Å². The summed E-state index contributed by atoms with van der Waals surface area (Å²) in [5.74, 6) is 0.606. The molecule has 0 saturated carbocycles. The molecule has 2 heterocycles. The summed E-state index contributed by atoms with van der Waals surface area (Å²) in [4.78, 5) is 23.0. The van der Waals surface area contributed by atoms with Gasteiger partial charge in [0.25, 0.3) is 0 Å². The van der Waals surface area contributed by atoms with Crippen LogP contribution in [0.4, 0.5) is 10.6 Å². The van der Waals surface area contributed by atoms with Crippen molar-refractivity contribution >= 4 is 17.6 Å². The van der Waals surface area contributed by atoms with Crippen LogP contribution in [0.15, 0.2) is 23.3 Å². The first-order valence-corrected chi connectivity index (χ1v) is 8.30. The monoisotopic (exact) mass is 317 g/mol. The quantitative estimate of drug-likeness (QED) is 0.839. The maximum atomic E-state index is 12.4. The molecular weight excluding hydrogens is 290 g/mol. The molecule has 23 heavy (non-hydrogen) atoms. The first-order valence-electron chi connectivity index (χ1n) is 8.30. The molecule has 1 aliphatic heterocycles. The van der Waals surface area contributed by atoms with Crippen LogP contribution in [-0.4, -0.2) is 35.0 Å². The Morgan fingerprint density at radius 1 is 1.26 bits per heavy atom. The van der Waals surface area contributed by atoms with Crippen LogP contribution in [0.5, 0.6) is 0 Å². The van der Waals surface area contributed by atoms with Crippen molar-refractivity contribution in [3.8, 4) is 0 Å². The number of carbonyl (C=O) groups excluding carboxylic acids is 1. The second kappa shape index (κ2) is 7.11. The van der Waals surface area contributed by atoms with Gasteiger partial charge in [0.2, 0.25) is 0 Å². The lowest BCUT2D eigenvalue weighted by Gasteiger charge is -2.29.